The predicted molar refractivity (Wildman–Crippen MR) is 101 cm³/mol. The van der Waals surface area contributed by atoms with Gasteiger partial charge in [0.2, 0.25) is 0 Å². The minimum atomic E-state index is -0.385. The van der Waals surface area contributed by atoms with E-state index in [9.17, 15) is 4.79 Å². The third-order valence-electron chi connectivity index (χ3n) is 5.00. The smallest absolute Gasteiger partial charge is 0.414 e. The summed E-state index contributed by atoms with van der Waals surface area (Å²) in [6, 6.07) is 5.98. The molecule has 0 atom stereocenters. The van der Waals surface area contributed by atoms with E-state index in [1.807, 2.05) is 43.5 Å². The summed E-state index contributed by atoms with van der Waals surface area (Å²) in [6.07, 6.45) is 3.35. The van der Waals surface area contributed by atoms with Crippen LogP contribution in [0.15, 0.2) is 29.0 Å². The lowest BCUT2D eigenvalue weighted by Gasteiger charge is -2.31. The van der Waals surface area contributed by atoms with Crippen LogP contribution in [-0.4, -0.2) is 31.9 Å². The van der Waals surface area contributed by atoms with E-state index in [4.69, 9.17) is 9.26 Å². The summed E-state index contributed by atoms with van der Waals surface area (Å²) in [5, 5.41) is 4.09. The first-order chi connectivity index (χ1) is 13.5. The predicted octanol–water partition coefficient (Wildman–Crippen LogP) is 3.97. The zero-order valence-electron chi connectivity index (χ0n) is 16.0. The van der Waals surface area contributed by atoms with Gasteiger partial charge >= 0.3 is 6.09 Å². The maximum Gasteiger partial charge on any atom is 0.414 e. The zero-order valence-corrected chi connectivity index (χ0v) is 16.0. The standard InChI is InChI=1S/C20H21N5O3/c1-11(2)27-20(26)24-9-16-17(19-22-18(23-28-19)13-5-6-13)21-10-25(16)14-7-4-12(3)8-15(14)24/h4,7-8,10-11,13H,5-6,9H2,1-3H3. The summed E-state index contributed by atoms with van der Waals surface area (Å²) in [4.78, 5) is 23.5. The van der Waals surface area contributed by atoms with Crippen molar-refractivity contribution >= 4 is 11.8 Å². The van der Waals surface area contributed by atoms with Crippen LogP contribution >= 0.6 is 0 Å². The average Bonchev–Trinajstić information content (AvgIpc) is 3.23. The molecule has 0 N–H and O–H groups in total. The van der Waals surface area contributed by atoms with E-state index < -0.39 is 0 Å². The van der Waals surface area contributed by atoms with Crippen LogP contribution in [-0.2, 0) is 11.3 Å². The van der Waals surface area contributed by atoms with Gasteiger partial charge in [0.15, 0.2) is 11.5 Å². The van der Waals surface area contributed by atoms with Crippen molar-refractivity contribution in [3.63, 3.8) is 0 Å². The molecule has 3 aromatic rings. The van der Waals surface area contributed by atoms with Crippen LogP contribution in [0.25, 0.3) is 17.3 Å². The maximum absolute atomic E-state index is 12.8. The lowest BCUT2D eigenvalue weighted by atomic mass is 10.1. The highest BCUT2D eigenvalue weighted by Crippen LogP contribution is 2.40. The fourth-order valence-corrected chi connectivity index (χ4v) is 3.47. The highest BCUT2D eigenvalue weighted by Gasteiger charge is 2.34. The molecule has 1 fully saturated rings. The number of hydrogen-bond acceptors (Lipinski definition) is 6. The number of anilines is 1. The summed E-state index contributed by atoms with van der Waals surface area (Å²) in [6.45, 7) is 6.00. The second-order valence-electron chi connectivity index (χ2n) is 7.65. The summed E-state index contributed by atoms with van der Waals surface area (Å²) < 4.78 is 12.9. The van der Waals surface area contributed by atoms with Gasteiger partial charge in [0.25, 0.3) is 5.89 Å². The molecule has 1 saturated carbocycles. The Balaban J connectivity index is 1.59. The number of benzene rings is 1. The number of amides is 1. The normalized spacial score (nSPS) is 15.5. The highest BCUT2D eigenvalue weighted by molar-refractivity contribution is 5.92. The molecule has 0 bridgehead atoms. The number of aromatic nitrogens is 4. The van der Waals surface area contributed by atoms with Crippen LogP contribution in [0.2, 0.25) is 0 Å². The van der Waals surface area contributed by atoms with E-state index in [2.05, 4.69) is 15.1 Å². The van der Waals surface area contributed by atoms with Gasteiger partial charge in [0.05, 0.1) is 29.7 Å². The van der Waals surface area contributed by atoms with Crippen molar-refractivity contribution in [1.82, 2.24) is 19.7 Å². The van der Waals surface area contributed by atoms with Crippen molar-refractivity contribution in [1.29, 1.82) is 0 Å². The van der Waals surface area contributed by atoms with Gasteiger partial charge in [-0.05, 0) is 51.3 Å². The van der Waals surface area contributed by atoms with E-state index in [1.165, 1.54) is 0 Å². The van der Waals surface area contributed by atoms with Gasteiger partial charge in [-0.2, -0.15) is 4.98 Å². The maximum atomic E-state index is 12.8. The van der Waals surface area contributed by atoms with Gasteiger partial charge in [0, 0.05) is 5.92 Å². The number of hydrogen-bond donors (Lipinski definition) is 0. The second kappa shape index (κ2) is 6.19. The van der Waals surface area contributed by atoms with E-state index in [-0.39, 0.29) is 12.2 Å². The van der Waals surface area contributed by atoms with Crippen LogP contribution in [0.4, 0.5) is 10.5 Å². The van der Waals surface area contributed by atoms with E-state index in [0.717, 1.165) is 41.3 Å². The third-order valence-corrected chi connectivity index (χ3v) is 5.00. The number of aryl methyl sites for hydroxylation is 1. The van der Waals surface area contributed by atoms with Crippen molar-refractivity contribution in [3.05, 3.63) is 41.6 Å². The molecule has 28 heavy (non-hydrogen) atoms. The molecule has 1 aromatic carbocycles. The molecule has 5 rings (SSSR count). The Kier molecular flexibility index (Phi) is 3.75. The molecule has 0 spiro atoms. The number of carbonyl (C=O) groups excluding carboxylic acids is 1. The monoisotopic (exact) mass is 379 g/mol. The number of rotatable bonds is 3. The number of fused-ring (bicyclic) bond motifs is 3. The summed E-state index contributed by atoms with van der Waals surface area (Å²) in [5.74, 6) is 1.53. The van der Waals surface area contributed by atoms with E-state index >= 15 is 0 Å². The summed E-state index contributed by atoms with van der Waals surface area (Å²) in [7, 11) is 0. The van der Waals surface area contributed by atoms with Gasteiger partial charge < -0.3 is 9.26 Å². The first-order valence-corrected chi connectivity index (χ1v) is 9.50. The molecule has 8 nitrogen and oxygen atoms in total. The van der Waals surface area contributed by atoms with Crippen molar-refractivity contribution in [3.8, 4) is 17.3 Å². The first kappa shape index (κ1) is 17.0. The van der Waals surface area contributed by atoms with Crippen molar-refractivity contribution in [2.75, 3.05) is 4.90 Å². The van der Waals surface area contributed by atoms with Crippen molar-refractivity contribution in [2.45, 2.75) is 52.2 Å². The fraction of sp³-hybridized carbons (Fsp3) is 0.400. The molecule has 1 aliphatic heterocycles. The summed E-state index contributed by atoms with van der Waals surface area (Å²) >= 11 is 0. The number of imidazole rings is 1. The minimum Gasteiger partial charge on any atom is -0.446 e. The molecule has 1 amide bonds. The molecule has 2 aliphatic rings. The number of nitrogens with zero attached hydrogens (tertiary/aromatic N) is 5. The first-order valence-electron chi connectivity index (χ1n) is 9.50. The molecule has 2 aromatic heterocycles. The van der Waals surface area contributed by atoms with Crippen LogP contribution in [0.3, 0.4) is 0 Å². The molecule has 0 radical (unpaired) electrons. The van der Waals surface area contributed by atoms with Crippen LogP contribution in [0.5, 0.6) is 0 Å². The Morgan fingerprint density at radius 3 is 2.86 bits per heavy atom. The Bertz CT molecular complexity index is 1060. The van der Waals surface area contributed by atoms with Gasteiger partial charge in [0.1, 0.15) is 6.33 Å². The zero-order chi connectivity index (χ0) is 19.4. The van der Waals surface area contributed by atoms with Gasteiger partial charge in [-0.1, -0.05) is 11.2 Å². The van der Waals surface area contributed by atoms with Crippen LogP contribution < -0.4 is 4.90 Å². The molecular formula is C20H21N5O3. The molecular weight excluding hydrogens is 358 g/mol. The quantitative estimate of drug-likeness (QED) is 0.684. The largest absolute Gasteiger partial charge is 0.446 e. The van der Waals surface area contributed by atoms with Crippen LogP contribution in [0.1, 0.15) is 49.7 Å². The minimum absolute atomic E-state index is 0.205. The van der Waals surface area contributed by atoms with E-state index in [0.29, 0.717) is 24.0 Å². The van der Waals surface area contributed by atoms with Gasteiger partial charge in [-0.25, -0.2) is 9.78 Å². The number of carbonyl (C=O) groups is 1. The molecule has 0 unspecified atom stereocenters. The lowest BCUT2D eigenvalue weighted by molar-refractivity contribution is 0.122. The van der Waals surface area contributed by atoms with Crippen molar-refractivity contribution < 1.29 is 14.1 Å². The average molecular weight is 379 g/mol. The number of ether oxygens (including phenoxy) is 1. The Labute approximate surface area is 162 Å². The third kappa shape index (κ3) is 2.76. The lowest BCUT2D eigenvalue weighted by Crippen LogP contribution is -2.36. The topological polar surface area (TPSA) is 86.3 Å². The van der Waals surface area contributed by atoms with Gasteiger partial charge in [-0.15, -0.1) is 0 Å². The SMILES string of the molecule is Cc1ccc2c(c1)N(C(=O)OC(C)C)Cc1c(-c3nc(C4CC4)no3)ncn1-2. The molecule has 1 aliphatic carbocycles. The molecule has 8 heteroatoms. The molecule has 0 saturated heterocycles. The summed E-state index contributed by atoms with van der Waals surface area (Å²) in [5.41, 5.74) is 4.16. The Hall–Kier alpha value is -3.16. The van der Waals surface area contributed by atoms with Crippen molar-refractivity contribution in [2.24, 2.45) is 0 Å². The molecule has 144 valence electrons. The van der Waals surface area contributed by atoms with E-state index in [1.54, 1.807) is 11.2 Å². The van der Waals surface area contributed by atoms with Gasteiger partial charge in [-0.3, -0.25) is 9.47 Å². The Morgan fingerprint density at radius 2 is 2.11 bits per heavy atom. The second-order valence-corrected chi connectivity index (χ2v) is 7.65. The fourth-order valence-electron chi connectivity index (χ4n) is 3.47. The Morgan fingerprint density at radius 1 is 1.29 bits per heavy atom. The molecule has 3 heterocycles. The highest BCUT2D eigenvalue weighted by atomic mass is 16.6. The van der Waals surface area contributed by atoms with Crippen LogP contribution in [0, 0.1) is 6.92 Å².